The fourth-order valence-electron chi connectivity index (χ4n) is 2.84. The summed E-state index contributed by atoms with van der Waals surface area (Å²) in [4.78, 5) is 36.6. The van der Waals surface area contributed by atoms with Gasteiger partial charge >= 0.3 is 5.97 Å². The van der Waals surface area contributed by atoms with E-state index in [-0.39, 0.29) is 18.4 Å². The molecule has 2 amide bonds. The number of fused-ring (bicyclic) bond motifs is 1. The molecule has 2 heterocycles. The maximum absolute atomic E-state index is 12.5. The quantitative estimate of drug-likeness (QED) is 0.853. The van der Waals surface area contributed by atoms with E-state index in [9.17, 15) is 19.5 Å². The number of amides is 2. The Hall–Kier alpha value is -2.37. The molecule has 1 saturated heterocycles. The van der Waals surface area contributed by atoms with Crippen LogP contribution < -0.4 is 5.32 Å². The van der Waals surface area contributed by atoms with Gasteiger partial charge < -0.3 is 15.3 Å². The lowest BCUT2D eigenvalue weighted by Crippen LogP contribution is -2.34. The van der Waals surface area contributed by atoms with Crippen LogP contribution in [-0.2, 0) is 16.0 Å². The zero-order valence-electron chi connectivity index (χ0n) is 11.7. The van der Waals surface area contributed by atoms with Gasteiger partial charge in [0.1, 0.15) is 0 Å². The molecule has 0 aliphatic carbocycles. The largest absolute Gasteiger partial charge is 0.481 e. The number of carboxylic acid groups (broad SMARTS) is 1. The number of carbonyl (C=O) groups is 3. The Morgan fingerprint density at radius 1 is 1.38 bits per heavy atom. The molecule has 0 aromatic heterocycles. The van der Waals surface area contributed by atoms with Crippen molar-refractivity contribution in [2.75, 3.05) is 18.4 Å². The second-order valence-electron chi connectivity index (χ2n) is 5.94. The summed E-state index contributed by atoms with van der Waals surface area (Å²) in [6, 6.07) is 5.13. The third kappa shape index (κ3) is 2.26. The van der Waals surface area contributed by atoms with Crippen molar-refractivity contribution < 1.29 is 19.5 Å². The Bertz CT molecular complexity index is 655. The zero-order valence-corrected chi connectivity index (χ0v) is 11.7. The minimum Gasteiger partial charge on any atom is -0.481 e. The molecule has 6 nitrogen and oxygen atoms in total. The standard InChI is InChI=1S/C15H16N2O4/c1-15(14(20)21)4-5-17(8-15)13(19)10-3-2-9-7-12(18)16-11(9)6-10/h2-3,6H,4-5,7-8H2,1H3,(H,16,18)(H,20,21). The molecule has 21 heavy (non-hydrogen) atoms. The first-order valence-corrected chi connectivity index (χ1v) is 6.84. The van der Waals surface area contributed by atoms with Crippen LogP contribution in [0.3, 0.4) is 0 Å². The lowest BCUT2D eigenvalue weighted by molar-refractivity contribution is -0.147. The molecular formula is C15H16N2O4. The van der Waals surface area contributed by atoms with E-state index in [0.29, 0.717) is 30.6 Å². The fourth-order valence-corrected chi connectivity index (χ4v) is 2.84. The van der Waals surface area contributed by atoms with Crippen LogP contribution in [0, 0.1) is 5.41 Å². The molecule has 1 fully saturated rings. The summed E-state index contributed by atoms with van der Waals surface area (Å²) < 4.78 is 0. The predicted molar refractivity (Wildman–Crippen MR) is 75.0 cm³/mol. The predicted octanol–water partition coefficient (Wildman–Crippen LogP) is 1.12. The molecule has 1 aromatic rings. The van der Waals surface area contributed by atoms with Crippen molar-refractivity contribution in [2.45, 2.75) is 19.8 Å². The van der Waals surface area contributed by atoms with Crippen LogP contribution in [0.5, 0.6) is 0 Å². The highest BCUT2D eigenvalue weighted by molar-refractivity contribution is 6.02. The molecule has 3 rings (SSSR count). The van der Waals surface area contributed by atoms with Crippen LogP contribution in [0.4, 0.5) is 5.69 Å². The molecule has 2 N–H and O–H groups in total. The van der Waals surface area contributed by atoms with Gasteiger partial charge in [-0.05, 0) is 31.0 Å². The average molecular weight is 288 g/mol. The van der Waals surface area contributed by atoms with E-state index in [0.717, 1.165) is 5.56 Å². The number of likely N-dealkylation sites (tertiary alicyclic amines) is 1. The lowest BCUT2D eigenvalue weighted by atomic mass is 9.90. The highest BCUT2D eigenvalue weighted by atomic mass is 16.4. The number of rotatable bonds is 2. The fraction of sp³-hybridized carbons (Fsp3) is 0.400. The number of carboxylic acids is 1. The minimum atomic E-state index is -0.876. The van der Waals surface area contributed by atoms with Gasteiger partial charge in [0, 0.05) is 24.3 Å². The van der Waals surface area contributed by atoms with E-state index >= 15 is 0 Å². The van der Waals surface area contributed by atoms with Gasteiger partial charge in [0.25, 0.3) is 5.91 Å². The SMILES string of the molecule is CC1(C(=O)O)CCN(C(=O)c2ccc3c(c2)NC(=O)C3)C1. The molecule has 2 aliphatic heterocycles. The van der Waals surface area contributed by atoms with E-state index in [1.54, 1.807) is 30.0 Å². The number of nitrogens with zero attached hydrogens (tertiary/aromatic N) is 1. The molecule has 0 radical (unpaired) electrons. The summed E-state index contributed by atoms with van der Waals surface area (Å²) in [6.45, 7) is 2.31. The molecule has 0 saturated carbocycles. The number of benzene rings is 1. The van der Waals surface area contributed by atoms with Gasteiger partial charge in [-0.15, -0.1) is 0 Å². The van der Waals surface area contributed by atoms with Gasteiger partial charge in [-0.25, -0.2) is 0 Å². The second kappa shape index (κ2) is 4.58. The molecular weight excluding hydrogens is 272 g/mol. The highest BCUT2D eigenvalue weighted by Gasteiger charge is 2.42. The first-order valence-electron chi connectivity index (χ1n) is 6.84. The average Bonchev–Trinajstić information content (AvgIpc) is 3.00. The van der Waals surface area contributed by atoms with Crippen molar-refractivity contribution in [1.29, 1.82) is 0 Å². The van der Waals surface area contributed by atoms with Crippen LogP contribution in [0.1, 0.15) is 29.3 Å². The van der Waals surface area contributed by atoms with E-state index in [1.807, 2.05) is 0 Å². The van der Waals surface area contributed by atoms with Crippen molar-refractivity contribution >= 4 is 23.5 Å². The maximum Gasteiger partial charge on any atom is 0.311 e. The van der Waals surface area contributed by atoms with Crippen LogP contribution in [0.2, 0.25) is 0 Å². The molecule has 1 atom stereocenters. The van der Waals surface area contributed by atoms with Crippen LogP contribution in [-0.4, -0.2) is 40.9 Å². The van der Waals surface area contributed by atoms with Gasteiger partial charge in [0.15, 0.2) is 0 Å². The van der Waals surface area contributed by atoms with E-state index in [4.69, 9.17) is 0 Å². The second-order valence-corrected chi connectivity index (χ2v) is 5.94. The molecule has 0 spiro atoms. The van der Waals surface area contributed by atoms with Crippen molar-refractivity contribution in [3.8, 4) is 0 Å². The summed E-state index contributed by atoms with van der Waals surface area (Å²) in [7, 11) is 0. The van der Waals surface area contributed by atoms with Crippen LogP contribution >= 0.6 is 0 Å². The van der Waals surface area contributed by atoms with Crippen molar-refractivity contribution in [3.05, 3.63) is 29.3 Å². The number of carbonyl (C=O) groups excluding carboxylic acids is 2. The Morgan fingerprint density at radius 2 is 2.14 bits per heavy atom. The van der Waals surface area contributed by atoms with Crippen molar-refractivity contribution in [1.82, 2.24) is 4.90 Å². The van der Waals surface area contributed by atoms with E-state index in [2.05, 4.69) is 5.32 Å². The molecule has 1 aromatic carbocycles. The van der Waals surface area contributed by atoms with Crippen LogP contribution in [0.25, 0.3) is 0 Å². The number of aliphatic carboxylic acids is 1. The summed E-state index contributed by atoms with van der Waals surface area (Å²) in [5.74, 6) is -1.14. The Labute approximate surface area is 121 Å². The zero-order chi connectivity index (χ0) is 15.2. The summed E-state index contributed by atoms with van der Waals surface area (Å²) in [6.07, 6.45) is 0.792. The molecule has 2 aliphatic rings. The first kappa shape index (κ1) is 13.6. The highest BCUT2D eigenvalue weighted by Crippen LogP contribution is 2.32. The van der Waals surface area contributed by atoms with E-state index < -0.39 is 11.4 Å². The molecule has 110 valence electrons. The maximum atomic E-state index is 12.5. The molecule has 6 heteroatoms. The monoisotopic (exact) mass is 288 g/mol. The van der Waals surface area contributed by atoms with Gasteiger partial charge in [-0.2, -0.15) is 0 Å². The topological polar surface area (TPSA) is 86.7 Å². The smallest absolute Gasteiger partial charge is 0.311 e. The molecule has 0 bridgehead atoms. The summed E-state index contributed by atoms with van der Waals surface area (Å²) in [5.41, 5.74) is 1.16. The van der Waals surface area contributed by atoms with Gasteiger partial charge in [-0.1, -0.05) is 6.07 Å². The lowest BCUT2D eigenvalue weighted by Gasteiger charge is -2.20. The summed E-state index contributed by atoms with van der Waals surface area (Å²) in [5, 5.41) is 11.9. The summed E-state index contributed by atoms with van der Waals surface area (Å²) >= 11 is 0. The van der Waals surface area contributed by atoms with Crippen molar-refractivity contribution in [3.63, 3.8) is 0 Å². The Balaban J connectivity index is 1.80. The van der Waals surface area contributed by atoms with Crippen molar-refractivity contribution in [2.24, 2.45) is 5.41 Å². The third-order valence-corrected chi connectivity index (χ3v) is 4.26. The minimum absolute atomic E-state index is 0.0748. The molecule has 1 unspecified atom stereocenters. The number of nitrogens with one attached hydrogen (secondary N) is 1. The number of anilines is 1. The van der Waals surface area contributed by atoms with E-state index in [1.165, 1.54) is 0 Å². The Kier molecular flexibility index (Phi) is 2.97. The van der Waals surface area contributed by atoms with Crippen LogP contribution in [0.15, 0.2) is 18.2 Å². The van der Waals surface area contributed by atoms with Gasteiger partial charge in [0.2, 0.25) is 5.91 Å². The number of hydrogen-bond acceptors (Lipinski definition) is 3. The third-order valence-electron chi connectivity index (χ3n) is 4.26. The first-order chi connectivity index (χ1) is 9.89. The van der Waals surface area contributed by atoms with Gasteiger partial charge in [0.05, 0.1) is 11.8 Å². The Morgan fingerprint density at radius 3 is 2.81 bits per heavy atom. The van der Waals surface area contributed by atoms with Gasteiger partial charge in [-0.3, -0.25) is 14.4 Å². The number of hydrogen-bond donors (Lipinski definition) is 2. The normalized spacial score (nSPS) is 23.9.